The van der Waals surface area contributed by atoms with Crippen LogP contribution in [0.15, 0.2) is 30.3 Å². The largest absolute Gasteiger partial charge is 0.349 e. The van der Waals surface area contributed by atoms with E-state index in [0.717, 1.165) is 43.1 Å². The van der Waals surface area contributed by atoms with Crippen molar-refractivity contribution in [3.05, 3.63) is 30.3 Å². The van der Waals surface area contributed by atoms with Gasteiger partial charge in [0.15, 0.2) is 5.11 Å². The van der Waals surface area contributed by atoms with Crippen molar-refractivity contribution in [1.82, 2.24) is 9.96 Å². The van der Waals surface area contributed by atoms with E-state index in [1.807, 2.05) is 51.1 Å². The lowest BCUT2D eigenvalue weighted by molar-refractivity contribution is -0.235. The van der Waals surface area contributed by atoms with Crippen LogP contribution >= 0.6 is 12.2 Å². The van der Waals surface area contributed by atoms with Gasteiger partial charge in [-0.3, -0.25) is 9.63 Å². The molecule has 6 heteroatoms. The quantitative estimate of drug-likeness (QED) is 0.520. The molecular formula is C17H25N3O2S. The molecule has 1 aromatic carbocycles. The highest BCUT2D eigenvalue weighted by Gasteiger charge is 2.28. The monoisotopic (exact) mass is 335 g/mol. The van der Waals surface area contributed by atoms with Gasteiger partial charge in [0.1, 0.15) is 0 Å². The number of nitrogens with zero attached hydrogens (tertiary/aromatic N) is 2. The first kappa shape index (κ1) is 17.7. The van der Waals surface area contributed by atoms with Gasteiger partial charge in [0.05, 0.1) is 11.6 Å². The Hall–Kier alpha value is -1.66. The molecule has 0 unspecified atom stereocenters. The van der Waals surface area contributed by atoms with E-state index in [9.17, 15) is 4.79 Å². The number of carbonyl (C=O) groups is 1. The van der Waals surface area contributed by atoms with Crippen LogP contribution in [-0.2, 0) is 9.63 Å². The molecular weight excluding hydrogens is 310 g/mol. The molecule has 1 N–H and O–H groups in total. The molecule has 1 saturated heterocycles. The van der Waals surface area contributed by atoms with Gasteiger partial charge in [-0.15, -0.1) is 0 Å². The molecule has 23 heavy (non-hydrogen) atoms. The van der Waals surface area contributed by atoms with Crippen LogP contribution in [0.5, 0.6) is 0 Å². The molecule has 0 radical (unpaired) electrons. The smallest absolute Gasteiger partial charge is 0.233 e. The summed E-state index contributed by atoms with van der Waals surface area (Å²) in [6.45, 7) is 7.44. The predicted molar refractivity (Wildman–Crippen MR) is 96.0 cm³/mol. The van der Waals surface area contributed by atoms with Crippen molar-refractivity contribution in [1.29, 1.82) is 0 Å². The molecule has 0 atom stereocenters. The average molecular weight is 335 g/mol. The second kappa shape index (κ2) is 7.75. The van der Waals surface area contributed by atoms with E-state index in [1.165, 1.54) is 5.06 Å². The lowest BCUT2D eigenvalue weighted by atomic mass is 10.1. The van der Waals surface area contributed by atoms with Crippen LogP contribution in [0.3, 0.4) is 0 Å². The number of rotatable bonds is 4. The molecule has 1 heterocycles. The number of carbonyl (C=O) groups excluding carboxylic acids is 1. The van der Waals surface area contributed by atoms with E-state index < -0.39 is 0 Å². The number of likely N-dealkylation sites (tertiary alicyclic amines) is 1. The summed E-state index contributed by atoms with van der Waals surface area (Å²) >= 11 is 5.48. The number of anilines is 1. The lowest BCUT2D eigenvalue weighted by Gasteiger charge is -2.39. The van der Waals surface area contributed by atoms with Gasteiger partial charge in [0, 0.05) is 18.8 Å². The Morgan fingerprint density at radius 2 is 1.91 bits per heavy atom. The third-order valence-electron chi connectivity index (χ3n) is 3.62. The first-order valence-corrected chi connectivity index (χ1v) is 8.33. The number of hydrogen-bond donors (Lipinski definition) is 1. The van der Waals surface area contributed by atoms with Crippen LogP contribution in [0.1, 0.15) is 33.6 Å². The molecule has 1 aromatic rings. The highest BCUT2D eigenvalue weighted by Crippen LogP contribution is 2.20. The van der Waals surface area contributed by atoms with Crippen LogP contribution in [-0.4, -0.2) is 46.2 Å². The number of benzene rings is 1. The third kappa shape index (κ3) is 5.48. The maximum absolute atomic E-state index is 11.3. The Morgan fingerprint density at radius 1 is 1.30 bits per heavy atom. The minimum absolute atomic E-state index is 0.0995. The fraction of sp³-hybridized carbons (Fsp3) is 0.529. The molecule has 2 rings (SSSR count). The average Bonchev–Trinajstić information content (AvgIpc) is 2.53. The first-order valence-electron chi connectivity index (χ1n) is 7.93. The van der Waals surface area contributed by atoms with Crippen molar-refractivity contribution < 1.29 is 9.63 Å². The minimum atomic E-state index is -0.373. The predicted octanol–water partition coefficient (Wildman–Crippen LogP) is 3.04. The van der Waals surface area contributed by atoms with Gasteiger partial charge < -0.3 is 10.2 Å². The summed E-state index contributed by atoms with van der Waals surface area (Å²) in [5.74, 6) is 0. The van der Waals surface area contributed by atoms with E-state index in [1.54, 1.807) is 0 Å². The second-order valence-corrected chi connectivity index (χ2v) is 7.07. The zero-order valence-electron chi connectivity index (χ0n) is 14.0. The summed E-state index contributed by atoms with van der Waals surface area (Å²) < 4.78 is 0. The van der Waals surface area contributed by atoms with Gasteiger partial charge in [0.25, 0.3) is 0 Å². The summed E-state index contributed by atoms with van der Waals surface area (Å²) in [5.41, 5.74) is 0.618. The molecule has 0 bridgehead atoms. The van der Waals surface area contributed by atoms with Crippen LogP contribution in [0.4, 0.5) is 5.69 Å². The molecule has 1 fully saturated rings. The first-order chi connectivity index (χ1) is 10.9. The number of thiocarbonyl (C=S) groups is 1. The maximum Gasteiger partial charge on any atom is 0.233 e. The summed E-state index contributed by atoms with van der Waals surface area (Å²) in [4.78, 5) is 19.1. The van der Waals surface area contributed by atoms with Gasteiger partial charge in [-0.05, 0) is 58.0 Å². The summed E-state index contributed by atoms with van der Waals surface area (Å²) in [5, 5.41) is 5.44. The number of para-hydroxylation sites is 1. The standard InChI is InChI=1S/C17H25N3O2S/c1-17(2,3)22-20(13-21)15-9-11-19(12-10-15)16(23)18-14-7-5-4-6-8-14/h4-8,13,15H,9-12H2,1-3H3,(H,18,23). The number of hydroxylamine groups is 2. The van der Waals surface area contributed by atoms with Gasteiger partial charge in [-0.25, -0.2) is 5.06 Å². The Kier molecular flexibility index (Phi) is 5.96. The van der Waals surface area contributed by atoms with Crippen molar-refractivity contribution >= 4 is 29.4 Å². The van der Waals surface area contributed by atoms with Gasteiger partial charge >= 0.3 is 0 Å². The van der Waals surface area contributed by atoms with E-state index in [2.05, 4.69) is 10.2 Å². The Morgan fingerprint density at radius 3 is 2.43 bits per heavy atom. The van der Waals surface area contributed by atoms with Gasteiger partial charge in [-0.1, -0.05) is 18.2 Å². The Bertz CT molecular complexity index is 522. The lowest BCUT2D eigenvalue weighted by Crippen LogP contribution is -2.49. The van der Waals surface area contributed by atoms with E-state index >= 15 is 0 Å². The highest BCUT2D eigenvalue weighted by atomic mass is 32.1. The highest BCUT2D eigenvalue weighted by molar-refractivity contribution is 7.80. The van der Waals surface area contributed by atoms with Crippen molar-refractivity contribution in [3.63, 3.8) is 0 Å². The molecule has 1 aliphatic heterocycles. The molecule has 0 aliphatic carbocycles. The van der Waals surface area contributed by atoms with E-state index in [-0.39, 0.29) is 11.6 Å². The summed E-state index contributed by atoms with van der Waals surface area (Å²) in [7, 11) is 0. The van der Waals surface area contributed by atoms with Crippen molar-refractivity contribution in [2.45, 2.75) is 45.3 Å². The van der Waals surface area contributed by atoms with Gasteiger partial charge in [-0.2, -0.15) is 0 Å². The van der Waals surface area contributed by atoms with Crippen LogP contribution in [0.2, 0.25) is 0 Å². The molecule has 1 aliphatic rings. The molecule has 0 aromatic heterocycles. The maximum atomic E-state index is 11.3. The second-order valence-electron chi connectivity index (χ2n) is 6.68. The van der Waals surface area contributed by atoms with Crippen molar-refractivity contribution in [2.75, 3.05) is 18.4 Å². The van der Waals surface area contributed by atoms with Crippen molar-refractivity contribution in [3.8, 4) is 0 Å². The topological polar surface area (TPSA) is 44.8 Å². The van der Waals surface area contributed by atoms with Crippen LogP contribution in [0, 0.1) is 0 Å². The SMILES string of the molecule is CC(C)(C)ON(C=O)C1CCN(C(=S)Nc2ccccc2)CC1. The number of nitrogens with one attached hydrogen (secondary N) is 1. The fourth-order valence-corrected chi connectivity index (χ4v) is 2.85. The van der Waals surface area contributed by atoms with Gasteiger partial charge in [0.2, 0.25) is 6.41 Å². The molecule has 5 nitrogen and oxygen atoms in total. The minimum Gasteiger partial charge on any atom is -0.349 e. The number of hydrogen-bond acceptors (Lipinski definition) is 3. The zero-order valence-corrected chi connectivity index (χ0v) is 14.8. The fourth-order valence-electron chi connectivity index (χ4n) is 2.55. The Labute approximate surface area is 143 Å². The molecule has 1 amide bonds. The van der Waals surface area contributed by atoms with Crippen LogP contribution < -0.4 is 5.32 Å². The number of piperidine rings is 1. The molecule has 0 saturated carbocycles. The van der Waals surface area contributed by atoms with E-state index in [0.29, 0.717) is 0 Å². The molecule has 0 spiro atoms. The summed E-state index contributed by atoms with van der Waals surface area (Å²) in [6.07, 6.45) is 2.46. The Balaban J connectivity index is 1.85. The van der Waals surface area contributed by atoms with E-state index in [4.69, 9.17) is 17.1 Å². The number of amides is 1. The summed E-state index contributed by atoms with van der Waals surface area (Å²) in [6, 6.07) is 10.0. The third-order valence-corrected chi connectivity index (χ3v) is 3.98. The molecule has 126 valence electrons. The van der Waals surface area contributed by atoms with Crippen LogP contribution in [0.25, 0.3) is 0 Å². The zero-order chi connectivity index (χ0) is 16.9. The normalized spacial score (nSPS) is 16.0. The van der Waals surface area contributed by atoms with Crippen molar-refractivity contribution in [2.24, 2.45) is 0 Å².